The van der Waals surface area contributed by atoms with Crippen molar-refractivity contribution in [1.29, 1.82) is 0 Å². The first kappa shape index (κ1) is 17.5. The van der Waals surface area contributed by atoms with Gasteiger partial charge in [-0.3, -0.25) is 14.4 Å². The van der Waals surface area contributed by atoms with Gasteiger partial charge in [0.05, 0.1) is 18.4 Å². The smallest absolute Gasteiger partial charge is 0.254 e. The molecule has 0 saturated carbocycles. The molecule has 1 atom stereocenters. The fraction of sp³-hybridized carbons (Fsp3) is 0.211. The average Bonchev–Trinajstić information content (AvgIpc) is 2.77. The van der Waals surface area contributed by atoms with Crippen molar-refractivity contribution in [3.8, 4) is 5.75 Å². The van der Waals surface area contributed by atoms with Gasteiger partial charge >= 0.3 is 0 Å². The van der Waals surface area contributed by atoms with Gasteiger partial charge in [0, 0.05) is 12.1 Å². The molecule has 26 heavy (non-hydrogen) atoms. The quantitative estimate of drug-likeness (QED) is 0.767. The Hall–Kier alpha value is -3.35. The Balaban J connectivity index is 1.58. The van der Waals surface area contributed by atoms with Gasteiger partial charge in [-0.15, -0.1) is 0 Å². The van der Waals surface area contributed by atoms with Crippen LogP contribution in [-0.4, -0.2) is 30.9 Å². The number of benzene rings is 2. The highest BCUT2D eigenvalue weighted by Crippen LogP contribution is 2.20. The molecule has 7 heteroatoms. The van der Waals surface area contributed by atoms with Gasteiger partial charge in [-0.2, -0.15) is 0 Å². The second-order valence-electron chi connectivity index (χ2n) is 5.88. The molecule has 0 spiro atoms. The average molecular weight is 353 g/mol. The lowest BCUT2D eigenvalue weighted by Gasteiger charge is -2.14. The zero-order valence-electron chi connectivity index (χ0n) is 14.2. The number of amides is 3. The lowest BCUT2D eigenvalue weighted by atomic mass is 10.1. The molecule has 7 nitrogen and oxygen atoms in total. The molecule has 0 saturated heterocycles. The van der Waals surface area contributed by atoms with E-state index in [0.29, 0.717) is 22.7 Å². The normalized spacial score (nSPS) is 16.0. The molecule has 0 radical (unpaired) electrons. The Morgan fingerprint density at radius 3 is 2.58 bits per heavy atom. The van der Waals surface area contributed by atoms with Crippen molar-refractivity contribution in [2.45, 2.75) is 18.9 Å². The Labute approximate surface area is 150 Å². The van der Waals surface area contributed by atoms with Crippen molar-refractivity contribution in [2.75, 3.05) is 17.7 Å². The van der Waals surface area contributed by atoms with Crippen LogP contribution in [0.25, 0.3) is 0 Å². The number of methoxy groups -OCH3 is 1. The first-order valence-corrected chi connectivity index (χ1v) is 8.21. The van der Waals surface area contributed by atoms with Crippen LogP contribution in [0.1, 0.15) is 23.2 Å². The molecule has 3 amide bonds. The van der Waals surface area contributed by atoms with Crippen molar-refractivity contribution in [1.82, 2.24) is 5.32 Å². The monoisotopic (exact) mass is 353 g/mol. The Morgan fingerprint density at radius 2 is 1.85 bits per heavy atom. The third-order valence-electron chi connectivity index (χ3n) is 4.09. The summed E-state index contributed by atoms with van der Waals surface area (Å²) in [5.41, 5.74) is 1.52. The highest BCUT2D eigenvalue weighted by atomic mass is 16.5. The van der Waals surface area contributed by atoms with Crippen molar-refractivity contribution < 1.29 is 19.1 Å². The van der Waals surface area contributed by atoms with Gasteiger partial charge in [-0.25, -0.2) is 0 Å². The minimum Gasteiger partial charge on any atom is -0.497 e. The maximum atomic E-state index is 12.3. The van der Waals surface area contributed by atoms with E-state index in [0.717, 1.165) is 0 Å². The largest absolute Gasteiger partial charge is 0.497 e. The van der Waals surface area contributed by atoms with E-state index in [2.05, 4.69) is 16.0 Å². The number of nitrogens with one attached hydrogen (secondary N) is 3. The summed E-state index contributed by atoms with van der Waals surface area (Å²) < 4.78 is 5.06. The van der Waals surface area contributed by atoms with Gasteiger partial charge < -0.3 is 20.7 Å². The maximum Gasteiger partial charge on any atom is 0.254 e. The van der Waals surface area contributed by atoms with E-state index in [1.807, 2.05) is 0 Å². The molecule has 1 aliphatic heterocycles. The van der Waals surface area contributed by atoms with E-state index in [-0.39, 0.29) is 30.6 Å². The van der Waals surface area contributed by atoms with E-state index in [1.54, 1.807) is 55.6 Å². The molecule has 2 aromatic carbocycles. The van der Waals surface area contributed by atoms with Gasteiger partial charge in [0.25, 0.3) is 5.91 Å². The van der Waals surface area contributed by atoms with Crippen LogP contribution >= 0.6 is 0 Å². The molecule has 2 aromatic rings. The van der Waals surface area contributed by atoms with Gasteiger partial charge in [0.1, 0.15) is 11.8 Å². The molecule has 134 valence electrons. The summed E-state index contributed by atoms with van der Waals surface area (Å²) in [6.45, 7) is 0. The number of hydrogen-bond acceptors (Lipinski definition) is 4. The molecule has 3 rings (SSSR count). The zero-order valence-corrected chi connectivity index (χ0v) is 14.2. The van der Waals surface area contributed by atoms with Crippen LogP contribution in [0.5, 0.6) is 5.75 Å². The van der Waals surface area contributed by atoms with Crippen LogP contribution in [0.4, 0.5) is 11.4 Å². The molecule has 0 aliphatic carbocycles. The van der Waals surface area contributed by atoms with Crippen LogP contribution in [0.2, 0.25) is 0 Å². The van der Waals surface area contributed by atoms with E-state index in [4.69, 9.17) is 4.74 Å². The molecular formula is C19H19N3O4. The number of ether oxygens (including phenoxy) is 1. The highest BCUT2D eigenvalue weighted by molar-refractivity contribution is 6.09. The number of carbonyl (C=O) groups is 3. The summed E-state index contributed by atoms with van der Waals surface area (Å²) in [5.74, 6) is -0.209. The van der Waals surface area contributed by atoms with Gasteiger partial charge in [-0.05, 0) is 42.8 Å². The molecule has 0 fully saturated rings. The number of para-hydroxylation sites is 1. The summed E-state index contributed by atoms with van der Waals surface area (Å²) in [5, 5.41) is 8.15. The van der Waals surface area contributed by atoms with E-state index < -0.39 is 6.04 Å². The molecule has 1 heterocycles. The minimum absolute atomic E-state index is 0.0980. The first-order valence-electron chi connectivity index (χ1n) is 8.21. The Bertz CT molecular complexity index is 833. The molecular weight excluding hydrogens is 334 g/mol. The van der Waals surface area contributed by atoms with Gasteiger partial charge in [0.2, 0.25) is 11.8 Å². The van der Waals surface area contributed by atoms with Crippen molar-refractivity contribution in [3.05, 3.63) is 54.1 Å². The SMILES string of the molecule is COc1ccc(NC(=O)CCC2NC(=O)c3ccccc3NC2=O)cc1. The molecule has 0 aromatic heterocycles. The van der Waals surface area contributed by atoms with Gasteiger partial charge in [0.15, 0.2) is 0 Å². The van der Waals surface area contributed by atoms with E-state index in [1.165, 1.54) is 0 Å². The van der Waals surface area contributed by atoms with Crippen LogP contribution in [0.15, 0.2) is 48.5 Å². The summed E-state index contributed by atoms with van der Waals surface area (Å²) in [6.07, 6.45) is 0.300. The molecule has 0 bridgehead atoms. The van der Waals surface area contributed by atoms with Crippen LogP contribution < -0.4 is 20.7 Å². The summed E-state index contributed by atoms with van der Waals surface area (Å²) in [7, 11) is 1.57. The first-order chi connectivity index (χ1) is 12.6. The predicted molar refractivity (Wildman–Crippen MR) is 97.2 cm³/mol. The maximum absolute atomic E-state index is 12.3. The van der Waals surface area contributed by atoms with Crippen LogP contribution in [0, 0.1) is 0 Å². The van der Waals surface area contributed by atoms with Crippen LogP contribution in [-0.2, 0) is 9.59 Å². The fourth-order valence-corrected chi connectivity index (χ4v) is 2.69. The number of hydrogen-bond donors (Lipinski definition) is 3. The number of anilines is 2. The second-order valence-corrected chi connectivity index (χ2v) is 5.88. The standard InChI is InChI=1S/C19H19N3O4/c1-26-13-8-6-12(7-9-13)20-17(23)11-10-16-19(25)21-15-5-3-2-4-14(15)18(24)22-16/h2-9,16H,10-11H2,1H3,(H,20,23)(H,21,25)(H,22,24). The lowest BCUT2D eigenvalue weighted by molar-refractivity contribution is -0.118. The second kappa shape index (κ2) is 7.69. The lowest BCUT2D eigenvalue weighted by Crippen LogP contribution is -2.41. The third kappa shape index (κ3) is 4.00. The van der Waals surface area contributed by atoms with Gasteiger partial charge in [-0.1, -0.05) is 12.1 Å². The van der Waals surface area contributed by atoms with E-state index in [9.17, 15) is 14.4 Å². The molecule has 1 aliphatic rings. The third-order valence-corrected chi connectivity index (χ3v) is 4.09. The Morgan fingerprint density at radius 1 is 1.12 bits per heavy atom. The van der Waals surface area contributed by atoms with Crippen molar-refractivity contribution in [2.24, 2.45) is 0 Å². The summed E-state index contributed by atoms with van der Waals surface area (Å²) >= 11 is 0. The number of carbonyl (C=O) groups excluding carboxylic acids is 3. The molecule has 1 unspecified atom stereocenters. The number of fused-ring (bicyclic) bond motifs is 1. The highest BCUT2D eigenvalue weighted by Gasteiger charge is 2.27. The Kier molecular flexibility index (Phi) is 5.17. The number of rotatable bonds is 5. The predicted octanol–water partition coefficient (Wildman–Crippen LogP) is 2.16. The minimum atomic E-state index is -0.767. The fourth-order valence-electron chi connectivity index (χ4n) is 2.69. The van der Waals surface area contributed by atoms with Crippen molar-refractivity contribution >= 4 is 29.1 Å². The summed E-state index contributed by atoms with van der Waals surface area (Å²) in [6, 6.07) is 13.0. The van der Waals surface area contributed by atoms with E-state index >= 15 is 0 Å². The van der Waals surface area contributed by atoms with Crippen molar-refractivity contribution in [3.63, 3.8) is 0 Å². The van der Waals surface area contributed by atoms with Crippen LogP contribution in [0.3, 0.4) is 0 Å². The molecule has 3 N–H and O–H groups in total. The topological polar surface area (TPSA) is 96.5 Å². The zero-order chi connectivity index (χ0) is 18.5. The summed E-state index contributed by atoms with van der Waals surface area (Å²) in [4.78, 5) is 36.6.